The molecule has 4 heteroatoms. The second-order valence-corrected chi connectivity index (χ2v) is 2.31. The van der Waals surface area contributed by atoms with E-state index in [1.807, 2.05) is 0 Å². The molecule has 0 bridgehead atoms. The van der Waals surface area contributed by atoms with Gasteiger partial charge in [-0.2, -0.15) is 0 Å². The molecule has 0 aromatic rings. The van der Waals surface area contributed by atoms with Crippen molar-refractivity contribution in [3.63, 3.8) is 0 Å². The molecule has 0 aliphatic carbocycles. The third-order valence-electron chi connectivity index (χ3n) is 0.986. The van der Waals surface area contributed by atoms with E-state index in [1.165, 1.54) is 13.0 Å². The van der Waals surface area contributed by atoms with Crippen molar-refractivity contribution in [1.29, 1.82) is 0 Å². The minimum Gasteiger partial charge on any atom is -0.462 e. The van der Waals surface area contributed by atoms with Crippen molar-refractivity contribution in [3.05, 3.63) is 11.6 Å². The van der Waals surface area contributed by atoms with E-state index in [2.05, 4.69) is 4.74 Å². The van der Waals surface area contributed by atoms with Crippen LogP contribution in [0.25, 0.3) is 0 Å². The van der Waals surface area contributed by atoms with E-state index in [0.717, 1.165) is 0 Å². The van der Waals surface area contributed by atoms with Crippen LogP contribution in [-0.2, 0) is 14.3 Å². The molecule has 62 valence electrons. The zero-order valence-electron chi connectivity index (χ0n) is 6.39. The van der Waals surface area contributed by atoms with Gasteiger partial charge in [0.1, 0.15) is 6.61 Å². The number of rotatable bonds is 3. The highest BCUT2D eigenvalue weighted by atomic mass is 35.5. The first-order chi connectivity index (χ1) is 5.04. The van der Waals surface area contributed by atoms with E-state index in [1.54, 1.807) is 6.92 Å². The lowest BCUT2D eigenvalue weighted by Gasteiger charge is -1.95. The van der Waals surface area contributed by atoms with Gasteiger partial charge in [-0.3, -0.25) is 9.59 Å². The number of esters is 1. The van der Waals surface area contributed by atoms with Gasteiger partial charge >= 0.3 is 5.97 Å². The molecule has 0 aliphatic rings. The Hall–Kier alpha value is -0.830. The molecule has 0 amide bonds. The van der Waals surface area contributed by atoms with E-state index < -0.39 is 5.24 Å². The van der Waals surface area contributed by atoms with Crippen molar-refractivity contribution in [2.24, 2.45) is 0 Å². The fourth-order valence-corrected chi connectivity index (χ4v) is 0.441. The SMILES string of the molecule is CC(=O)OCC=C(C)C(=O)Cl. The Bertz CT molecular complexity index is 196. The van der Waals surface area contributed by atoms with Crippen molar-refractivity contribution in [2.45, 2.75) is 13.8 Å². The van der Waals surface area contributed by atoms with Gasteiger partial charge in [-0.05, 0) is 24.6 Å². The number of hydrogen-bond donors (Lipinski definition) is 0. The van der Waals surface area contributed by atoms with Crippen molar-refractivity contribution in [1.82, 2.24) is 0 Å². The third-order valence-corrected chi connectivity index (χ3v) is 1.28. The summed E-state index contributed by atoms with van der Waals surface area (Å²) in [7, 11) is 0. The lowest BCUT2D eigenvalue weighted by molar-refractivity contribution is -0.139. The van der Waals surface area contributed by atoms with Crippen molar-refractivity contribution >= 4 is 22.8 Å². The summed E-state index contributed by atoms with van der Waals surface area (Å²) in [5, 5.41) is -0.530. The molecule has 0 unspecified atom stereocenters. The number of hydrogen-bond acceptors (Lipinski definition) is 3. The smallest absolute Gasteiger partial charge is 0.302 e. The highest BCUT2D eigenvalue weighted by Gasteiger charge is 1.97. The van der Waals surface area contributed by atoms with Gasteiger partial charge in [-0.25, -0.2) is 0 Å². The maximum Gasteiger partial charge on any atom is 0.302 e. The van der Waals surface area contributed by atoms with Gasteiger partial charge in [0.2, 0.25) is 5.24 Å². The Morgan fingerprint density at radius 1 is 1.45 bits per heavy atom. The van der Waals surface area contributed by atoms with Crippen LogP contribution >= 0.6 is 11.6 Å². The zero-order valence-corrected chi connectivity index (χ0v) is 7.14. The van der Waals surface area contributed by atoms with Crippen LogP contribution in [0.1, 0.15) is 13.8 Å². The van der Waals surface area contributed by atoms with E-state index in [0.29, 0.717) is 5.57 Å². The van der Waals surface area contributed by atoms with Crippen molar-refractivity contribution < 1.29 is 14.3 Å². The van der Waals surface area contributed by atoms with Crippen LogP contribution in [0.3, 0.4) is 0 Å². The highest BCUT2D eigenvalue weighted by Crippen LogP contribution is 1.97. The van der Waals surface area contributed by atoms with Crippen LogP contribution in [-0.4, -0.2) is 17.8 Å². The molecule has 0 saturated carbocycles. The van der Waals surface area contributed by atoms with Crippen LogP contribution in [0.4, 0.5) is 0 Å². The average molecular weight is 177 g/mol. The summed E-state index contributed by atoms with van der Waals surface area (Å²) in [6, 6.07) is 0. The molecule has 0 N–H and O–H groups in total. The summed E-state index contributed by atoms with van der Waals surface area (Å²) in [5.74, 6) is -0.379. The van der Waals surface area contributed by atoms with Gasteiger partial charge in [0.05, 0.1) is 0 Å². The number of ether oxygens (including phenoxy) is 1. The van der Waals surface area contributed by atoms with Crippen LogP contribution < -0.4 is 0 Å². The minimum absolute atomic E-state index is 0.0969. The van der Waals surface area contributed by atoms with Gasteiger partial charge in [0, 0.05) is 12.5 Å². The first kappa shape index (κ1) is 10.2. The molecule has 0 aliphatic heterocycles. The van der Waals surface area contributed by atoms with Crippen LogP contribution in [0.15, 0.2) is 11.6 Å². The maximum atomic E-state index is 10.4. The largest absolute Gasteiger partial charge is 0.462 e. The molecular weight excluding hydrogens is 168 g/mol. The molecule has 0 rings (SSSR count). The first-order valence-electron chi connectivity index (χ1n) is 3.04. The molecule has 0 aromatic heterocycles. The molecule has 0 heterocycles. The van der Waals surface area contributed by atoms with Gasteiger partial charge in [0.25, 0.3) is 0 Å². The Morgan fingerprint density at radius 2 is 2.00 bits per heavy atom. The Labute approximate surface area is 70.0 Å². The molecule has 0 atom stereocenters. The van der Waals surface area contributed by atoms with Gasteiger partial charge in [-0.1, -0.05) is 0 Å². The summed E-state index contributed by atoms with van der Waals surface area (Å²) in [6.45, 7) is 2.95. The van der Waals surface area contributed by atoms with E-state index in [-0.39, 0.29) is 12.6 Å². The predicted molar refractivity (Wildman–Crippen MR) is 41.3 cm³/mol. The zero-order chi connectivity index (χ0) is 8.85. The molecular formula is C7H9ClO3. The summed E-state index contributed by atoms with van der Waals surface area (Å²) < 4.78 is 4.54. The van der Waals surface area contributed by atoms with Gasteiger partial charge < -0.3 is 4.74 Å². The highest BCUT2D eigenvalue weighted by molar-refractivity contribution is 6.67. The third kappa shape index (κ3) is 5.61. The van der Waals surface area contributed by atoms with Crippen molar-refractivity contribution in [2.75, 3.05) is 6.61 Å². The van der Waals surface area contributed by atoms with Crippen LogP contribution in [0.2, 0.25) is 0 Å². The second-order valence-electron chi connectivity index (χ2n) is 1.96. The molecule has 11 heavy (non-hydrogen) atoms. The van der Waals surface area contributed by atoms with E-state index >= 15 is 0 Å². The molecule has 0 radical (unpaired) electrons. The van der Waals surface area contributed by atoms with Gasteiger partial charge in [0.15, 0.2) is 0 Å². The lowest BCUT2D eigenvalue weighted by Crippen LogP contribution is -1.99. The lowest BCUT2D eigenvalue weighted by atomic mass is 10.3. The van der Waals surface area contributed by atoms with Gasteiger partial charge in [-0.15, -0.1) is 0 Å². The Balaban J connectivity index is 3.74. The maximum absolute atomic E-state index is 10.4. The summed E-state index contributed by atoms with van der Waals surface area (Å²) >= 11 is 5.10. The Morgan fingerprint density at radius 3 is 2.36 bits per heavy atom. The fourth-order valence-electron chi connectivity index (χ4n) is 0.364. The molecule has 0 spiro atoms. The summed E-state index contributed by atoms with van der Waals surface area (Å²) in [4.78, 5) is 20.6. The first-order valence-corrected chi connectivity index (χ1v) is 3.41. The number of allylic oxidation sites excluding steroid dienone is 1. The number of halogens is 1. The number of carbonyl (C=O) groups is 2. The number of carbonyl (C=O) groups excluding carboxylic acids is 2. The monoisotopic (exact) mass is 176 g/mol. The Kier molecular flexibility index (Phi) is 4.54. The molecule has 0 saturated heterocycles. The summed E-state index contributed by atoms with van der Waals surface area (Å²) in [5.41, 5.74) is 0.382. The molecule has 3 nitrogen and oxygen atoms in total. The molecule has 0 fully saturated rings. The predicted octanol–water partition coefficient (Wildman–Crippen LogP) is 1.26. The summed E-state index contributed by atoms with van der Waals surface area (Å²) in [6.07, 6.45) is 1.46. The second kappa shape index (κ2) is 4.91. The van der Waals surface area contributed by atoms with Crippen LogP contribution in [0.5, 0.6) is 0 Å². The van der Waals surface area contributed by atoms with E-state index in [4.69, 9.17) is 11.6 Å². The normalized spacial score (nSPS) is 11.0. The fraction of sp³-hybridized carbons (Fsp3) is 0.429. The van der Waals surface area contributed by atoms with E-state index in [9.17, 15) is 9.59 Å². The van der Waals surface area contributed by atoms with Crippen molar-refractivity contribution in [3.8, 4) is 0 Å². The quantitative estimate of drug-likeness (QED) is 0.370. The minimum atomic E-state index is -0.530. The topological polar surface area (TPSA) is 43.4 Å². The average Bonchev–Trinajstić information content (AvgIpc) is 1.86. The van der Waals surface area contributed by atoms with Crippen LogP contribution in [0, 0.1) is 0 Å². The standard InChI is InChI=1S/C7H9ClO3/c1-5(7(8)10)3-4-11-6(2)9/h3H,4H2,1-2H3. The molecule has 0 aromatic carbocycles.